The number of fused-ring (bicyclic) bond motifs is 3. The average molecular weight is 415 g/mol. The molecule has 0 bridgehead atoms. The van der Waals surface area contributed by atoms with E-state index in [2.05, 4.69) is 9.47 Å². The molecule has 162 valence electrons. The number of ether oxygens (including phenoxy) is 1. The molecular weight excluding hydrogens is 384 g/mol. The van der Waals surface area contributed by atoms with Crippen LogP contribution >= 0.6 is 0 Å². The number of hydrogen-bond donors (Lipinski definition) is 0. The molecule has 0 aliphatic carbocycles. The maximum atomic E-state index is 13.4. The zero-order valence-corrected chi connectivity index (χ0v) is 17.8. The Morgan fingerprint density at radius 1 is 1.10 bits per heavy atom. The predicted octanol–water partition coefficient (Wildman–Crippen LogP) is 1.12. The van der Waals surface area contributed by atoms with Crippen molar-refractivity contribution in [1.82, 2.24) is 28.0 Å². The van der Waals surface area contributed by atoms with Crippen LogP contribution in [0.1, 0.15) is 37.8 Å². The van der Waals surface area contributed by atoms with Crippen LogP contribution in [0.15, 0.2) is 15.8 Å². The van der Waals surface area contributed by atoms with E-state index in [1.54, 1.807) is 7.05 Å². The standard InChI is InChI=1S/C21H30N6O3/c1-15-13-27-17-18(22-20(27)26(15)14-16-7-6-12-30-16)23(2)21(29)25(19(17)28)11-10-24-8-4-3-5-9-24/h13,16H,3-12,14H2,1-2H3/t16-/m0/s1. The first kappa shape index (κ1) is 19.6. The zero-order chi connectivity index (χ0) is 20.8. The Hall–Kier alpha value is -2.39. The molecule has 0 radical (unpaired) electrons. The van der Waals surface area contributed by atoms with E-state index in [1.165, 1.54) is 28.4 Å². The third kappa shape index (κ3) is 3.20. The molecule has 30 heavy (non-hydrogen) atoms. The van der Waals surface area contributed by atoms with E-state index in [0.717, 1.165) is 44.8 Å². The van der Waals surface area contributed by atoms with Crippen molar-refractivity contribution in [2.45, 2.75) is 58.2 Å². The Balaban J connectivity index is 1.57. The number of aryl methyl sites for hydroxylation is 2. The van der Waals surface area contributed by atoms with E-state index in [-0.39, 0.29) is 17.4 Å². The zero-order valence-electron chi connectivity index (χ0n) is 17.8. The van der Waals surface area contributed by atoms with Gasteiger partial charge in [-0.05, 0) is 45.7 Å². The number of nitrogens with zero attached hydrogens (tertiary/aromatic N) is 6. The molecule has 3 aromatic rings. The first-order valence-electron chi connectivity index (χ1n) is 11.1. The predicted molar refractivity (Wildman–Crippen MR) is 114 cm³/mol. The number of hydrogen-bond acceptors (Lipinski definition) is 5. The van der Waals surface area contributed by atoms with E-state index >= 15 is 0 Å². The number of piperidine rings is 1. The van der Waals surface area contributed by atoms with Gasteiger partial charge in [0.2, 0.25) is 5.78 Å². The van der Waals surface area contributed by atoms with Crippen LogP contribution in [0.3, 0.4) is 0 Å². The summed E-state index contributed by atoms with van der Waals surface area (Å²) < 4.78 is 12.6. The summed E-state index contributed by atoms with van der Waals surface area (Å²) in [5, 5.41) is 0. The van der Waals surface area contributed by atoms with E-state index in [9.17, 15) is 9.59 Å². The van der Waals surface area contributed by atoms with Gasteiger partial charge >= 0.3 is 5.69 Å². The van der Waals surface area contributed by atoms with Crippen LogP contribution < -0.4 is 11.2 Å². The molecule has 1 atom stereocenters. The van der Waals surface area contributed by atoms with Crippen molar-refractivity contribution in [2.24, 2.45) is 7.05 Å². The quantitative estimate of drug-likeness (QED) is 0.625. The molecule has 3 aromatic heterocycles. The molecule has 5 heterocycles. The minimum absolute atomic E-state index is 0.171. The molecule has 2 aliphatic rings. The fraction of sp³-hybridized carbons (Fsp3) is 0.667. The van der Waals surface area contributed by atoms with E-state index in [4.69, 9.17) is 9.72 Å². The number of imidazole rings is 2. The van der Waals surface area contributed by atoms with Crippen molar-refractivity contribution >= 4 is 16.9 Å². The van der Waals surface area contributed by atoms with Crippen LogP contribution in [0.4, 0.5) is 0 Å². The van der Waals surface area contributed by atoms with Gasteiger partial charge in [0, 0.05) is 38.6 Å². The highest BCUT2D eigenvalue weighted by molar-refractivity contribution is 5.75. The fourth-order valence-electron chi connectivity index (χ4n) is 4.89. The normalized spacial score (nSPS) is 20.7. The van der Waals surface area contributed by atoms with Gasteiger partial charge in [-0.15, -0.1) is 0 Å². The van der Waals surface area contributed by atoms with E-state index in [0.29, 0.717) is 30.0 Å². The van der Waals surface area contributed by atoms with Crippen LogP contribution in [0, 0.1) is 6.92 Å². The topological polar surface area (TPSA) is 78.7 Å². The molecule has 0 spiro atoms. The Labute approximate surface area is 174 Å². The summed E-state index contributed by atoms with van der Waals surface area (Å²) in [4.78, 5) is 33.3. The largest absolute Gasteiger partial charge is 0.376 e. The smallest absolute Gasteiger partial charge is 0.332 e. The van der Waals surface area contributed by atoms with Gasteiger partial charge in [-0.25, -0.2) is 4.79 Å². The molecule has 0 unspecified atom stereocenters. The lowest BCUT2D eigenvalue weighted by molar-refractivity contribution is 0.0974. The summed E-state index contributed by atoms with van der Waals surface area (Å²) in [7, 11) is 1.70. The second-order valence-electron chi connectivity index (χ2n) is 8.67. The minimum atomic E-state index is -0.298. The van der Waals surface area contributed by atoms with Gasteiger partial charge < -0.3 is 14.2 Å². The molecule has 9 heteroatoms. The van der Waals surface area contributed by atoms with Gasteiger partial charge in [0.05, 0.1) is 12.6 Å². The van der Waals surface area contributed by atoms with Crippen LogP contribution in [0.2, 0.25) is 0 Å². The minimum Gasteiger partial charge on any atom is -0.376 e. The summed E-state index contributed by atoms with van der Waals surface area (Å²) >= 11 is 0. The van der Waals surface area contributed by atoms with Gasteiger partial charge in [0.15, 0.2) is 11.2 Å². The van der Waals surface area contributed by atoms with Gasteiger partial charge in [-0.1, -0.05) is 6.42 Å². The lowest BCUT2D eigenvalue weighted by Crippen LogP contribution is -2.43. The third-order valence-corrected chi connectivity index (χ3v) is 6.64. The van der Waals surface area contributed by atoms with Crippen molar-refractivity contribution in [3.8, 4) is 0 Å². The monoisotopic (exact) mass is 414 g/mol. The average Bonchev–Trinajstić information content (AvgIpc) is 3.45. The SMILES string of the molecule is Cc1cn2c3c(=O)n(CCN4CCCCC4)c(=O)n(C)c3nc2n1C[C@@H]1CCCO1. The Kier molecular flexibility index (Phi) is 5.02. The van der Waals surface area contributed by atoms with Crippen molar-refractivity contribution in [3.05, 3.63) is 32.7 Å². The van der Waals surface area contributed by atoms with Gasteiger partial charge in [-0.2, -0.15) is 4.98 Å². The summed E-state index contributed by atoms with van der Waals surface area (Å²) in [5.41, 5.74) is 1.39. The molecule has 9 nitrogen and oxygen atoms in total. The molecule has 0 N–H and O–H groups in total. The van der Waals surface area contributed by atoms with Crippen LogP contribution in [-0.4, -0.2) is 60.3 Å². The fourth-order valence-corrected chi connectivity index (χ4v) is 4.89. The maximum absolute atomic E-state index is 13.4. The van der Waals surface area contributed by atoms with Crippen LogP contribution in [-0.2, 0) is 24.9 Å². The molecule has 2 saturated heterocycles. The highest BCUT2D eigenvalue weighted by Crippen LogP contribution is 2.20. The van der Waals surface area contributed by atoms with Crippen molar-refractivity contribution in [3.63, 3.8) is 0 Å². The first-order valence-corrected chi connectivity index (χ1v) is 11.1. The highest BCUT2D eigenvalue weighted by Gasteiger charge is 2.23. The van der Waals surface area contributed by atoms with Crippen LogP contribution in [0.5, 0.6) is 0 Å². The van der Waals surface area contributed by atoms with Gasteiger partial charge in [0.1, 0.15) is 0 Å². The van der Waals surface area contributed by atoms with Crippen molar-refractivity contribution in [2.75, 3.05) is 26.2 Å². The summed E-state index contributed by atoms with van der Waals surface area (Å²) in [6, 6.07) is 0. The Morgan fingerprint density at radius 3 is 2.63 bits per heavy atom. The second-order valence-corrected chi connectivity index (χ2v) is 8.67. The van der Waals surface area contributed by atoms with E-state index < -0.39 is 0 Å². The number of aromatic nitrogens is 5. The number of likely N-dealkylation sites (tertiary alicyclic amines) is 1. The van der Waals surface area contributed by atoms with Crippen molar-refractivity contribution in [1.29, 1.82) is 0 Å². The molecule has 2 aliphatic heterocycles. The van der Waals surface area contributed by atoms with Gasteiger partial charge in [0.25, 0.3) is 5.56 Å². The van der Waals surface area contributed by atoms with Crippen molar-refractivity contribution < 1.29 is 4.74 Å². The summed E-state index contributed by atoms with van der Waals surface area (Å²) in [5.74, 6) is 0.693. The molecule has 0 aromatic carbocycles. The van der Waals surface area contributed by atoms with Crippen LogP contribution in [0.25, 0.3) is 16.9 Å². The third-order valence-electron chi connectivity index (χ3n) is 6.64. The molecular formula is C21H30N6O3. The molecule has 0 amide bonds. The Bertz CT molecular complexity index is 1190. The first-order chi connectivity index (χ1) is 14.5. The highest BCUT2D eigenvalue weighted by atomic mass is 16.5. The summed E-state index contributed by atoms with van der Waals surface area (Å²) in [6.07, 6.45) is 7.87. The maximum Gasteiger partial charge on any atom is 0.332 e. The van der Waals surface area contributed by atoms with E-state index in [1.807, 2.05) is 17.5 Å². The molecule has 0 saturated carbocycles. The molecule has 2 fully saturated rings. The number of rotatable bonds is 5. The molecule has 5 rings (SSSR count). The Morgan fingerprint density at radius 2 is 1.90 bits per heavy atom. The van der Waals surface area contributed by atoms with Gasteiger partial charge in [-0.3, -0.25) is 18.3 Å². The summed E-state index contributed by atoms with van der Waals surface area (Å²) in [6.45, 7) is 6.74. The lowest BCUT2D eigenvalue weighted by atomic mass is 10.1. The lowest BCUT2D eigenvalue weighted by Gasteiger charge is -2.26. The second kappa shape index (κ2) is 7.70.